The predicted octanol–water partition coefficient (Wildman–Crippen LogP) is 4.79. The quantitative estimate of drug-likeness (QED) is 0.466. The topological polar surface area (TPSA) is 81.1 Å². The molecule has 1 fully saturated rings. The number of nitrogens with zero attached hydrogens (tertiary/aromatic N) is 3. The van der Waals surface area contributed by atoms with Crippen LogP contribution in [0, 0.1) is 11.8 Å². The summed E-state index contributed by atoms with van der Waals surface area (Å²) in [5, 5.41) is 0. The Morgan fingerprint density at radius 3 is 2.31 bits per heavy atom. The SMILES string of the molecule is COc1ccc(S(C)(=O)=NC(=O)c2cncc(C#Cc3ccc(N4CCCCC4)cc3)c2)cc1OC. The molecule has 8 heteroatoms. The van der Waals surface area contributed by atoms with E-state index >= 15 is 0 Å². The zero-order chi connectivity index (χ0) is 25.5. The van der Waals surface area contributed by atoms with Crippen LogP contribution < -0.4 is 14.4 Å². The number of carbonyl (C=O) groups excluding carboxylic acids is 1. The van der Waals surface area contributed by atoms with E-state index in [4.69, 9.17) is 9.47 Å². The molecule has 0 aliphatic carbocycles. The standard InChI is InChI=1S/C28H29N3O4S/c1-34-26-14-13-25(18-27(26)35-2)36(3,33)30-28(32)23-17-22(19-29-20-23)8-7-21-9-11-24(12-10-21)31-15-5-4-6-16-31/h9-14,17-20H,4-6,15-16H2,1-3H3. The third kappa shape index (κ3) is 6.04. The monoisotopic (exact) mass is 503 g/mol. The summed E-state index contributed by atoms with van der Waals surface area (Å²) in [7, 11) is -0.0199. The number of methoxy groups -OCH3 is 2. The summed E-state index contributed by atoms with van der Waals surface area (Å²) in [4.78, 5) is 19.7. The summed E-state index contributed by atoms with van der Waals surface area (Å²) in [5.41, 5.74) is 2.89. The van der Waals surface area contributed by atoms with Crippen molar-refractivity contribution in [2.45, 2.75) is 24.2 Å². The van der Waals surface area contributed by atoms with Crippen molar-refractivity contribution in [2.24, 2.45) is 4.36 Å². The highest BCUT2D eigenvalue weighted by molar-refractivity contribution is 7.93. The summed E-state index contributed by atoms with van der Waals surface area (Å²) >= 11 is 0. The van der Waals surface area contributed by atoms with Gasteiger partial charge in [-0.1, -0.05) is 11.8 Å². The third-order valence-electron chi connectivity index (χ3n) is 5.97. The van der Waals surface area contributed by atoms with Gasteiger partial charge in [-0.25, -0.2) is 4.21 Å². The van der Waals surface area contributed by atoms with Gasteiger partial charge < -0.3 is 14.4 Å². The van der Waals surface area contributed by atoms with Gasteiger partial charge in [0.2, 0.25) is 0 Å². The van der Waals surface area contributed by atoms with E-state index in [1.54, 1.807) is 30.5 Å². The second-order valence-corrected chi connectivity index (χ2v) is 10.8. The predicted molar refractivity (Wildman–Crippen MR) is 141 cm³/mol. The first-order chi connectivity index (χ1) is 17.4. The number of carbonyl (C=O) groups is 1. The van der Waals surface area contributed by atoms with E-state index in [9.17, 15) is 9.00 Å². The van der Waals surface area contributed by atoms with E-state index in [2.05, 4.69) is 38.2 Å². The molecule has 0 spiro atoms. The fourth-order valence-electron chi connectivity index (χ4n) is 3.99. The Morgan fingerprint density at radius 1 is 0.917 bits per heavy atom. The third-order valence-corrected chi connectivity index (χ3v) is 7.62. The molecule has 0 N–H and O–H groups in total. The van der Waals surface area contributed by atoms with Gasteiger partial charge in [0.15, 0.2) is 11.5 Å². The molecule has 4 rings (SSSR count). The molecule has 1 unspecified atom stereocenters. The second kappa shape index (κ2) is 11.3. The fraction of sp³-hybridized carbons (Fsp3) is 0.286. The maximum atomic E-state index is 13.2. The van der Waals surface area contributed by atoms with E-state index in [0.29, 0.717) is 22.0 Å². The van der Waals surface area contributed by atoms with Crippen LogP contribution in [0.15, 0.2) is 70.2 Å². The molecule has 1 aliphatic heterocycles. The van der Waals surface area contributed by atoms with Crippen LogP contribution in [-0.2, 0) is 9.73 Å². The van der Waals surface area contributed by atoms with E-state index < -0.39 is 15.6 Å². The maximum Gasteiger partial charge on any atom is 0.286 e. The van der Waals surface area contributed by atoms with E-state index in [0.717, 1.165) is 18.7 Å². The molecule has 1 saturated heterocycles. The van der Waals surface area contributed by atoms with Crippen LogP contribution in [0.4, 0.5) is 5.69 Å². The first-order valence-corrected chi connectivity index (χ1v) is 13.6. The number of rotatable bonds is 5. The zero-order valence-corrected chi connectivity index (χ0v) is 21.5. The van der Waals surface area contributed by atoms with Gasteiger partial charge in [-0.2, -0.15) is 4.36 Å². The van der Waals surface area contributed by atoms with Crippen LogP contribution in [-0.4, -0.2) is 48.7 Å². The van der Waals surface area contributed by atoms with Gasteiger partial charge in [-0.05, 0) is 61.7 Å². The molecular formula is C28H29N3O4S. The summed E-state index contributed by atoms with van der Waals surface area (Å²) in [6, 6.07) is 14.6. The number of pyridine rings is 1. The lowest BCUT2D eigenvalue weighted by molar-refractivity contribution is 0.100. The van der Waals surface area contributed by atoms with Crippen LogP contribution in [0.5, 0.6) is 11.5 Å². The summed E-state index contributed by atoms with van der Waals surface area (Å²) in [6.45, 7) is 2.19. The minimum absolute atomic E-state index is 0.220. The molecule has 1 atom stereocenters. The molecular weight excluding hydrogens is 474 g/mol. The fourth-order valence-corrected chi connectivity index (χ4v) is 5.17. The van der Waals surface area contributed by atoms with Crippen molar-refractivity contribution in [1.29, 1.82) is 0 Å². The minimum atomic E-state index is -3.02. The molecule has 186 valence electrons. The highest BCUT2D eigenvalue weighted by atomic mass is 32.2. The zero-order valence-electron chi connectivity index (χ0n) is 20.7. The van der Waals surface area contributed by atoms with Gasteiger partial charge in [-0.15, -0.1) is 0 Å². The molecule has 1 aliphatic rings. The lowest BCUT2D eigenvalue weighted by Gasteiger charge is -2.28. The molecule has 0 bridgehead atoms. The number of aromatic nitrogens is 1. The molecule has 2 aromatic carbocycles. The Morgan fingerprint density at radius 2 is 1.61 bits per heavy atom. The average Bonchev–Trinajstić information content (AvgIpc) is 2.92. The van der Waals surface area contributed by atoms with Crippen molar-refractivity contribution in [2.75, 3.05) is 38.5 Å². The highest BCUT2D eigenvalue weighted by Crippen LogP contribution is 2.30. The number of piperidine rings is 1. The summed E-state index contributed by atoms with van der Waals surface area (Å²) in [5.74, 6) is 6.46. The lowest BCUT2D eigenvalue weighted by atomic mass is 10.1. The molecule has 3 aromatic rings. The molecule has 1 aromatic heterocycles. The van der Waals surface area contributed by atoms with Gasteiger partial charge in [-0.3, -0.25) is 9.78 Å². The first-order valence-electron chi connectivity index (χ1n) is 11.7. The number of hydrogen-bond donors (Lipinski definition) is 0. The van der Waals surface area contributed by atoms with E-state index in [1.165, 1.54) is 51.6 Å². The van der Waals surface area contributed by atoms with E-state index in [1.807, 2.05) is 12.1 Å². The Labute approximate surface area is 212 Å². The van der Waals surface area contributed by atoms with Crippen molar-refractivity contribution < 1.29 is 18.5 Å². The van der Waals surface area contributed by atoms with Crippen LogP contribution in [0.1, 0.15) is 40.7 Å². The van der Waals surface area contributed by atoms with Crippen LogP contribution in [0.3, 0.4) is 0 Å². The molecule has 0 saturated carbocycles. The molecule has 36 heavy (non-hydrogen) atoms. The molecule has 2 heterocycles. The first kappa shape index (κ1) is 25.3. The number of amides is 1. The molecule has 1 amide bonds. The molecule has 0 radical (unpaired) electrons. The van der Waals surface area contributed by atoms with Gasteiger partial charge in [0.1, 0.15) is 0 Å². The summed E-state index contributed by atoms with van der Waals surface area (Å²) in [6.07, 6.45) is 8.16. The largest absolute Gasteiger partial charge is 0.493 e. The maximum absolute atomic E-state index is 13.2. The van der Waals surface area contributed by atoms with Crippen LogP contribution in [0.2, 0.25) is 0 Å². The second-order valence-electron chi connectivity index (χ2n) is 8.52. The summed E-state index contributed by atoms with van der Waals surface area (Å²) < 4.78 is 27.7. The van der Waals surface area contributed by atoms with Crippen molar-refractivity contribution in [3.05, 3.63) is 77.6 Å². The lowest BCUT2D eigenvalue weighted by Crippen LogP contribution is -2.29. The Kier molecular flexibility index (Phi) is 7.91. The van der Waals surface area contributed by atoms with E-state index in [-0.39, 0.29) is 5.56 Å². The highest BCUT2D eigenvalue weighted by Gasteiger charge is 2.15. The van der Waals surface area contributed by atoms with Crippen LogP contribution in [0.25, 0.3) is 0 Å². The van der Waals surface area contributed by atoms with Crippen molar-refractivity contribution >= 4 is 21.3 Å². The minimum Gasteiger partial charge on any atom is -0.493 e. The van der Waals surface area contributed by atoms with Gasteiger partial charge in [0.25, 0.3) is 5.91 Å². The van der Waals surface area contributed by atoms with Crippen molar-refractivity contribution in [3.8, 4) is 23.3 Å². The number of benzene rings is 2. The Hall–Kier alpha value is -3.83. The van der Waals surface area contributed by atoms with Crippen LogP contribution >= 0.6 is 0 Å². The van der Waals surface area contributed by atoms with Gasteiger partial charge in [0.05, 0.1) is 34.4 Å². The van der Waals surface area contributed by atoms with Crippen molar-refractivity contribution in [1.82, 2.24) is 4.98 Å². The average molecular weight is 504 g/mol. The number of anilines is 1. The normalized spacial score (nSPS) is 14.7. The Balaban J connectivity index is 1.52. The van der Waals surface area contributed by atoms with Crippen molar-refractivity contribution in [3.63, 3.8) is 0 Å². The van der Waals surface area contributed by atoms with Gasteiger partial charge >= 0.3 is 0 Å². The Bertz CT molecular complexity index is 1430. The molecule has 7 nitrogen and oxygen atoms in total. The number of ether oxygens (including phenoxy) is 2. The number of hydrogen-bond acceptors (Lipinski definition) is 6. The smallest absolute Gasteiger partial charge is 0.286 e. The van der Waals surface area contributed by atoms with Gasteiger partial charge in [0, 0.05) is 54.6 Å².